The van der Waals surface area contributed by atoms with E-state index < -0.39 is 10.1 Å². The summed E-state index contributed by atoms with van der Waals surface area (Å²) in [5, 5.41) is 0. The summed E-state index contributed by atoms with van der Waals surface area (Å²) < 4.78 is 30.3. The molecule has 0 spiro atoms. The highest BCUT2D eigenvalue weighted by atomic mass is 32.2. The summed E-state index contributed by atoms with van der Waals surface area (Å²) >= 11 is 0. The van der Waals surface area contributed by atoms with Crippen molar-refractivity contribution in [1.82, 2.24) is 4.90 Å². The number of amides is 1. The molecule has 0 aromatic heterocycles. The van der Waals surface area contributed by atoms with Gasteiger partial charge >= 0.3 is 10.1 Å². The molecule has 7 heteroatoms. The standard InChI is InChI=1S/C21H26N2O4S/c1-3-4-18-5-11-21(12-6-18)28(25,26)27-20-9-7-19(8-10-20)23-15-13-22(14-16-23)17(2)24/h5-12H,3-4,13-16H2,1-2H3. The number of anilines is 1. The van der Waals surface area contributed by atoms with Gasteiger partial charge in [0.2, 0.25) is 5.91 Å². The Kier molecular flexibility index (Phi) is 6.24. The lowest BCUT2D eigenvalue weighted by molar-refractivity contribution is -0.129. The fourth-order valence-electron chi connectivity index (χ4n) is 3.28. The number of benzene rings is 2. The molecule has 0 unspecified atom stereocenters. The lowest BCUT2D eigenvalue weighted by Gasteiger charge is -2.35. The topological polar surface area (TPSA) is 66.9 Å². The molecular weight excluding hydrogens is 376 g/mol. The second-order valence-electron chi connectivity index (χ2n) is 6.92. The van der Waals surface area contributed by atoms with Gasteiger partial charge in [0.1, 0.15) is 10.6 Å². The quantitative estimate of drug-likeness (QED) is 0.695. The van der Waals surface area contributed by atoms with Crippen LogP contribution >= 0.6 is 0 Å². The van der Waals surface area contributed by atoms with Crippen molar-refractivity contribution in [3.05, 3.63) is 54.1 Å². The molecular formula is C21H26N2O4S. The van der Waals surface area contributed by atoms with E-state index in [4.69, 9.17) is 4.18 Å². The zero-order valence-electron chi connectivity index (χ0n) is 16.3. The van der Waals surface area contributed by atoms with Gasteiger partial charge in [-0.1, -0.05) is 25.5 Å². The summed E-state index contributed by atoms with van der Waals surface area (Å²) in [6.45, 7) is 6.55. The minimum Gasteiger partial charge on any atom is -0.379 e. The van der Waals surface area contributed by atoms with Crippen LogP contribution in [-0.4, -0.2) is 45.4 Å². The number of piperazine rings is 1. The normalized spacial score (nSPS) is 14.8. The molecule has 0 radical (unpaired) electrons. The van der Waals surface area contributed by atoms with Crippen LogP contribution in [0.25, 0.3) is 0 Å². The Balaban J connectivity index is 1.64. The molecule has 1 aliphatic heterocycles. The molecule has 1 fully saturated rings. The van der Waals surface area contributed by atoms with Gasteiger partial charge in [0.05, 0.1) is 0 Å². The van der Waals surface area contributed by atoms with E-state index in [9.17, 15) is 13.2 Å². The third-order valence-electron chi connectivity index (χ3n) is 4.88. The van der Waals surface area contributed by atoms with E-state index in [-0.39, 0.29) is 16.6 Å². The summed E-state index contributed by atoms with van der Waals surface area (Å²) in [7, 11) is -3.86. The maximum atomic E-state index is 12.5. The molecule has 2 aromatic carbocycles. The average Bonchev–Trinajstić information content (AvgIpc) is 2.69. The first kappa shape index (κ1) is 20.2. The second-order valence-corrected chi connectivity index (χ2v) is 8.46. The van der Waals surface area contributed by atoms with Crippen LogP contribution in [0, 0.1) is 0 Å². The molecule has 0 N–H and O–H groups in total. The van der Waals surface area contributed by atoms with Gasteiger partial charge < -0.3 is 14.0 Å². The molecule has 0 atom stereocenters. The highest BCUT2D eigenvalue weighted by Gasteiger charge is 2.20. The van der Waals surface area contributed by atoms with Crippen molar-refractivity contribution in [2.75, 3.05) is 31.1 Å². The predicted molar refractivity (Wildman–Crippen MR) is 109 cm³/mol. The Bertz CT molecular complexity index is 900. The third kappa shape index (κ3) is 4.84. The van der Waals surface area contributed by atoms with Crippen molar-refractivity contribution in [2.24, 2.45) is 0 Å². The molecule has 28 heavy (non-hydrogen) atoms. The van der Waals surface area contributed by atoms with Crippen molar-refractivity contribution in [2.45, 2.75) is 31.6 Å². The summed E-state index contributed by atoms with van der Waals surface area (Å²) in [6.07, 6.45) is 1.93. The molecule has 150 valence electrons. The molecule has 1 aliphatic rings. The monoisotopic (exact) mass is 402 g/mol. The van der Waals surface area contributed by atoms with Crippen molar-refractivity contribution in [3.63, 3.8) is 0 Å². The highest BCUT2D eigenvalue weighted by Crippen LogP contribution is 2.24. The molecule has 2 aromatic rings. The van der Waals surface area contributed by atoms with Crippen molar-refractivity contribution >= 4 is 21.7 Å². The van der Waals surface area contributed by atoms with E-state index in [1.165, 1.54) is 0 Å². The van der Waals surface area contributed by atoms with E-state index in [1.807, 2.05) is 29.2 Å². The van der Waals surface area contributed by atoms with Crippen LogP contribution in [-0.2, 0) is 21.3 Å². The Labute approximate surface area is 166 Å². The summed E-state index contributed by atoms with van der Waals surface area (Å²) in [4.78, 5) is 15.6. The van der Waals surface area contributed by atoms with E-state index in [1.54, 1.807) is 31.2 Å². The van der Waals surface area contributed by atoms with Gasteiger partial charge in [-0.25, -0.2) is 0 Å². The van der Waals surface area contributed by atoms with E-state index in [2.05, 4.69) is 11.8 Å². The number of carbonyl (C=O) groups is 1. The molecule has 1 saturated heterocycles. The first-order chi connectivity index (χ1) is 13.4. The molecule has 3 rings (SSSR count). The van der Waals surface area contributed by atoms with Gasteiger partial charge in [0.15, 0.2) is 0 Å². The number of rotatable bonds is 6. The van der Waals surface area contributed by atoms with Gasteiger partial charge in [-0.15, -0.1) is 0 Å². The fraction of sp³-hybridized carbons (Fsp3) is 0.381. The van der Waals surface area contributed by atoms with Gasteiger partial charge in [0.25, 0.3) is 0 Å². The maximum absolute atomic E-state index is 12.5. The molecule has 0 saturated carbocycles. The first-order valence-corrected chi connectivity index (χ1v) is 10.9. The largest absolute Gasteiger partial charge is 0.379 e. The molecule has 1 amide bonds. The Morgan fingerprint density at radius 1 is 0.964 bits per heavy atom. The molecule has 0 bridgehead atoms. The van der Waals surface area contributed by atoms with E-state index in [0.29, 0.717) is 13.1 Å². The number of nitrogens with zero attached hydrogens (tertiary/aromatic N) is 2. The van der Waals surface area contributed by atoms with Gasteiger partial charge in [0, 0.05) is 38.8 Å². The Morgan fingerprint density at radius 3 is 2.11 bits per heavy atom. The lowest BCUT2D eigenvalue weighted by atomic mass is 10.1. The van der Waals surface area contributed by atoms with Gasteiger partial charge in [-0.05, 0) is 48.4 Å². The minimum absolute atomic E-state index is 0.0938. The Morgan fingerprint density at radius 2 is 1.57 bits per heavy atom. The van der Waals surface area contributed by atoms with Crippen LogP contribution < -0.4 is 9.08 Å². The third-order valence-corrected chi connectivity index (χ3v) is 6.14. The Hall–Kier alpha value is -2.54. The second kappa shape index (κ2) is 8.65. The summed E-state index contributed by atoms with van der Waals surface area (Å²) in [6, 6.07) is 13.8. The zero-order valence-corrected chi connectivity index (χ0v) is 17.1. The minimum atomic E-state index is -3.86. The fourth-order valence-corrected chi connectivity index (χ4v) is 4.21. The van der Waals surface area contributed by atoms with Crippen LogP contribution in [0.1, 0.15) is 25.8 Å². The van der Waals surface area contributed by atoms with Crippen LogP contribution in [0.15, 0.2) is 53.4 Å². The van der Waals surface area contributed by atoms with Crippen LogP contribution in [0.4, 0.5) is 5.69 Å². The summed E-state index contributed by atoms with van der Waals surface area (Å²) in [5.74, 6) is 0.375. The van der Waals surface area contributed by atoms with E-state index in [0.717, 1.165) is 37.2 Å². The highest BCUT2D eigenvalue weighted by molar-refractivity contribution is 7.87. The number of carbonyl (C=O) groups excluding carboxylic acids is 1. The van der Waals surface area contributed by atoms with Crippen LogP contribution in [0.2, 0.25) is 0 Å². The van der Waals surface area contributed by atoms with Crippen molar-refractivity contribution in [1.29, 1.82) is 0 Å². The number of hydrogen-bond donors (Lipinski definition) is 0. The SMILES string of the molecule is CCCc1ccc(S(=O)(=O)Oc2ccc(N3CCN(C(C)=O)CC3)cc2)cc1. The van der Waals surface area contributed by atoms with E-state index >= 15 is 0 Å². The molecule has 0 aliphatic carbocycles. The number of hydrogen-bond acceptors (Lipinski definition) is 5. The van der Waals surface area contributed by atoms with Crippen LogP contribution in [0.3, 0.4) is 0 Å². The van der Waals surface area contributed by atoms with Gasteiger partial charge in [-0.2, -0.15) is 8.42 Å². The average molecular weight is 403 g/mol. The van der Waals surface area contributed by atoms with Gasteiger partial charge in [-0.3, -0.25) is 4.79 Å². The van der Waals surface area contributed by atoms with Crippen LogP contribution in [0.5, 0.6) is 5.75 Å². The van der Waals surface area contributed by atoms with Crippen molar-refractivity contribution in [3.8, 4) is 5.75 Å². The maximum Gasteiger partial charge on any atom is 0.339 e. The van der Waals surface area contributed by atoms with Crippen molar-refractivity contribution < 1.29 is 17.4 Å². The zero-order chi connectivity index (χ0) is 20.1. The first-order valence-electron chi connectivity index (χ1n) is 9.53. The predicted octanol–water partition coefficient (Wildman–Crippen LogP) is 3.08. The molecule has 6 nitrogen and oxygen atoms in total. The number of aryl methyl sites for hydroxylation is 1. The summed E-state index contributed by atoms with van der Waals surface area (Å²) in [5.41, 5.74) is 2.09. The lowest BCUT2D eigenvalue weighted by Crippen LogP contribution is -2.48. The molecule has 1 heterocycles. The smallest absolute Gasteiger partial charge is 0.339 e.